The molecule has 5 heteroatoms. The van der Waals surface area contributed by atoms with E-state index >= 15 is 0 Å². The molecule has 0 aromatic heterocycles. The smallest absolute Gasteiger partial charge is 0.245 e. The minimum Gasteiger partial charge on any atom is -0.326 e. The van der Waals surface area contributed by atoms with E-state index in [0.717, 1.165) is 6.20 Å². The van der Waals surface area contributed by atoms with E-state index in [-0.39, 0.29) is 6.54 Å². The standard InChI is InChI=1S/C4H8N2O2S/c1-9-4(2-5)3-6(7)8/h3H,2,5H2,1H3/b4-3+. The number of nitrogens with zero attached hydrogens (tertiary/aromatic N) is 1. The number of nitro groups is 1. The maximum atomic E-state index is 9.79. The molecule has 0 aromatic rings. The van der Waals surface area contributed by atoms with Crippen LogP contribution in [0.2, 0.25) is 0 Å². The Morgan fingerprint density at radius 1 is 2.00 bits per heavy atom. The topological polar surface area (TPSA) is 69.2 Å². The van der Waals surface area contributed by atoms with E-state index in [1.54, 1.807) is 6.26 Å². The summed E-state index contributed by atoms with van der Waals surface area (Å²) >= 11 is 1.29. The molecule has 2 N–H and O–H groups in total. The lowest BCUT2D eigenvalue weighted by atomic mass is 10.6. The number of nitrogens with two attached hydrogens (primary N) is 1. The summed E-state index contributed by atoms with van der Waals surface area (Å²) in [7, 11) is 0. The molecule has 0 aliphatic rings. The normalized spacial score (nSPS) is 11.6. The predicted molar refractivity (Wildman–Crippen MR) is 37.6 cm³/mol. The SMILES string of the molecule is CS/C(=C/[N+](=O)[O-])CN. The van der Waals surface area contributed by atoms with Gasteiger partial charge in [0.1, 0.15) is 0 Å². The van der Waals surface area contributed by atoms with Gasteiger partial charge in [0.15, 0.2) is 0 Å². The van der Waals surface area contributed by atoms with Gasteiger partial charge in [-0.25, -0.2) is 0 Å². The van der Waals surface area contributed by atoms with Gasteiger partial charge in [-0.15, -0.1) is 11.8 Å². The number of hydrogen-bond donors (Lipinski definition) is 1. The van der Waals surface area contributed by atoms with Crippen molar-refractivity contribution >= 4 is 11.8 Å². The maximum absolute atomic E-state index is 9.79. The molecule has 0 rings (SSSR count). The molecule has 0 fully saturated rings. The van der Waals surface area contributed by atoms with Gasteiger partial charge in [0.25, 0.3) is 0 Å². The van der Waals surface area contributed by atoms with Gasteiger partial charge in [0, 0.05) is 6.54 Å². The van der Waals surface area contributed by atoms with Crippen molar-refractivity contribution in [3.8, 4) is 0 Å². The molecule has 0 aliphatic heterocycles. The molecule has 0 radical (unpaired) electrons. The van der Waals surface area contributed by atoms with E-state index in [1.807, 2.05) is 0 Å². The summed E-state index contributed by atoms with van der Waals surface area (Å²) in [4.78, 5) is 9.87. The summed E-state index contributed by atoms with van der Waals surface area (Å²) in [5.74, 6) is 0. The summed E-state index contributed by atoms with van der Waals surface area (Å²) < 4.78 is 0. The Morgan fingerprint density at radius 2 is 2.56 bits per heavy atom. The van der Waals surface area contributed by atoms with Gasteiger partial charge in [-0.2, -0.15) is 0 Å². The van der Waals surface area contributed by atoms with Crippen molar-refractivity contribution in [1.29, 1.82) is 0 Å². The van der Waals surface area contributed by atoms with Crippen molar-refractivity contribution in [3.05, 3.63) is 21.2 Å². The molecule has 9 heavy (non-hydrogen) atoms. The molecule has 0 spiro atoms. The quantitative estimate of drug-likeness (QED) is 0.465. The van der Waals surface area contributed by atoms with E-state index in [9.17, 15) is 10.1 Å². The van der Waals surface area contributed by atoms with E-state index < -0.39 is 4.92 Å². The second-order valence-electron chi connectivity index (χ2n) is 1.29. The minimum absolute atomic E-state index is 0.238. The predicted octanol–water partition coefficient (Wildman–Crippen LogP) is 0.426. The Bertz CT molecular complexity index is 129. The van der Waals surface area contributed by atoms with E-state index in [2.05, 4.69) is 0 Å². The van der Waals surface area contributed by atoms with Crippen molar-refractivity contribution in [1.82, 2.24) is 0 Å². The highest BCUT2D eigenvalue weighted by Gasteiger charge is 1.95. The van der Waals surface area contributed by atoms with Gasteiger partial charge in [-0.05, 0) is 6.26 Å². The van der Waals surface area contributed by atoms with Crippen LogP contribution >= 0.6 is 11.8 Å². The van der Waals surface area contributed by atoms with Gasteiger partial charge in [-0.1, -0.05) is 0 Å². The molecule has 0 bridgehead atoms. The number of thioether (sulfide) groups is 1. The second kappa shape index (κ2) is 4.34. The van der Waals surface area contributed by atoms with Gasteiger partial charge >= 0.3 is 0 Å². The fourth-order valence-corrected chi connectivity index (χ4v) is 0.664. The summed E-state index contributed by atoms with van der Waals surface area (Å²) in [6.07, 6.45) is 2.67. The number of hydrogen-bond acceptors (Lipinski definition) is 4. The van der Waals surface area contributed by atoms with Gasteiger partial charge in [0.05, 0.1) is 9.83 Å². The van der Waals surface area contributed by atoms with Crippen LogP contribution < -0.4 is 5.73 Å². The molecule has 4 nitrogen and oxygen atoms in total. The van der Waals surface area contributed by atoms with Crippen LogP contribution in [0.1, 0.15) is 0 Å². The third-order valence-electron chi connectivity index (χ3n) is 0.713. The van der Waals surface area contributed by atoms with Gasteiger partial charge in [-0.3, -0.25) is 10.1 Å². The fourth-order valence-electron chi connectivity index (χ4n) is 0.306. The summed E-state index contributed by atoms with van der Waals surface area (Å²) in [6.45, 7) is 0.238. The molecule has 0 atom stereocenters. The zero-order valence-corrected chi connectivity index (χ0v) is 5.85. The zero-order chi connectivity index (χ0) is 7.28. The monoisotopic (exact) mass is 148 g/mol. The zero-order valence-electron chi connectivity index (χ0n) is 5.03. The van der Waals surface area contributed by atoms with Crippen LogP contribution in [0, 0.1) is 10.1 Å². The lowest BCUT2D eigenvalue weighted by molar-refractivity contribution is -0.402. The molecule has 0 saturated carbocycles. The largest absolute Gasteiger partial charge is 0.326 e. The molecule has 0 aromatic carbocycles. The van der Waals surface area contributed by atoms with Crippen molar-refractivity contribution < 1.29 is 4.92 Å². The molecule has 52 valence electrons. The average Bonchev–Trinajstić information content (AvgIpc) is 1.82. The Balaban J connectivity index is 3.91. The minimum atomic E-state index is -0.501. The Morgan fingerprint density at radius 3 is 2.67 bits per heavy atom. The van der Waals surface area contributed by atoms with Gasteiger partial charge in [0.2, 0.25) is 6.20 Å². The van der Waals surface area contributed by atoms with E-state index in [4.69, 9.17) is 5.73 Å². The molecule has 0 saturated heterocycles. The summed E-state index contributed by atoms with van der Waals surface area (Å²) in [5.41, 5.74) is 5.14. The van der Waals surface area contributed by atoms with E-state index in [0.29, 0.717) is 4.91 Å². The Hall–Kier alpha value is -0.550. The first kappa shape index (κ1) is 8.45. The second-order valence-corrected chi connectivity index (χ2v) is 2.22. The fraction of sp³-hybridized carbons (Fsp3) is 0.500. The van der Waals surface area contributed by atoms with Crippen LogP contribution in [0.5, 0.6) is 0 Å². The Labute approximate surface area is 57.3 Å². The third-order valence-corrected chi connectivity index (χ3v) is 1.51. The first-order valence-electron chi connectivity index (χ1n) is 2.29. The highest BCUT2D eigenvalue weighted by atomic mass is 32.2. The Kier molecular flexibility index (Phi) is 4.08. The lowest BCUT2D eigenvalue weighted by Gasteiger charge is -1.91. The molecular weight excluding hydrogens is 140 g/mol. The van der Waals surface area contributed by atoms with E-state index in [1.165, 1.54) is 11.8 Å². The maximum Gasteiger partial charge on any atom is 0.245 e. The van der Waals surface area contributed by atoms with Crippen molar-refractivity contribution in [2.45, 2.75) is 0 Å². The first-order valence-corrected chi connectivity index (χ1v) is 3.51. The lowest BCUT2D eigenvalue weighted by Crippen LogP contribution is -2.01. The third kappa shape index (κ3) is 3.99. The van der Waals surface area contributed by atoms with Crippen LogP contribution in [0.25, 0.3) is 0 Å². The van der Waals surface area contributed by atoms with Crippen LogP contribution in [-0.4, -0.2) is 17.7 Å². The summed E-state index contributed by atoms with van der Waals surface area (Å²) in [5, 5.41) is 9.79. The molecular formula is C4H8N2O2S. The molecule has 0 heterocycles. The van der Waals surface area contributed by atoms with Crippen LogP contribution in [0.4, 0.5) is 0 Å². The number of rotatable bonds is 3. The van der Waals surface area contributed by atoms with Crippen LogP contribution in [-0.2, 0) is 0 Å². The molecule has 0 aliphatic carbocycles. The summed E-state index contributed by atoms with van der Waals surface area (Å²) in [6, 6.07) is 0. The average molecular weight is 148 g/mol. The molecule has 0 unspecified atom stereocenters. The van der Waals surface area contributed by atoms with Crippen LogP contribution in [0.15, 0.2) is 11.1 Å². The highest BCUT2D eigenvalue weighted by Crippen LogP contribution is 2.07. The van der Waals surface area contributed by atoms with Gasteiger partial charge < -0.3 is 5.73 Å². The van der Waals surface area contributed by atoms with Crippen molar-refractivity contribution in [2.24, 2.45) is 5.73 Å². The first-order chi connectivity index (χ1) is 4.20. The van der Waals surface area contributed by atoms with Crippen molar-refractivity contribution in [3.63, 3.8) is 0 Å². The highest BCUT2D eigenvalue weighted by molar-refractivity contribution is 8.02. The van der Waals surface area contributed by atoms with Crippen LogP contribution in [0.3, 0.4) is 0 Å². The molecule has 0 amide bonds. The van der Waals surface area contributed by atoms with Crippen molar-refractivity contribution in [2.75, 3.05) is 12.8 Å².